The second-order valence-corrected chi connectivity index (χ2v) is 11.2. The first-order valence-corrected chi connectivity index (χ1v) is 13.1. The molecule has 3 heterocycles. The molecule has 1 aromatic carbocycles. The molecule has 1 amide bonds. The zero-order chi connectivity index (χ0) is 27.2. The maximum atomic E-state index is 14.0. The first kappa shape index (κ1) is 26.1. The minimum atomic E-state index is -0.544. The summed E-state index contributed by atoms with van der Waals surface area (Å²) in [5.41, 5.74) is 4.70. The fraction of sp³-hybridized carbons (Fsp3) is 0.379. The molecule has 2 aliphatic rings. The van der Waals surface area contributed by atoms with Gasteiger partial charge in [0.15, 0.2) is 0 Å². The molecule has 5 rings (SSSR count). The van der Waals surface area contributed by atoms with Crippen LogP contribution >= 0.6 is 11.6 Å². The summed E-state index contributed by atoms with van der Waals surface area (Å²) in [4.78, 5) is 39.9. The van der Waals surface area contributed by atoms with Gasteiger partial charge in [0.25, 0.3) is 0 Å². The van der Waals surface area contributed by atoms with Gasteiger partial charge >= 0.3 is 6.09 Å². The summed E-state index contributed by atoms with van der Waals surface area (Å²) < 4.78 is 7.34. The lowest BCUT2D eigenvalue weighted by molar-refractivity contribution is 0.0118. The van der Waals surface area contributed by atoms with Crippen LogP contribution in [0.15, 0.2) is 42.9 Å². The molecular weight excluding hydrogens is 502 g/mol. The van der Waals surface area contributed by atoms with E-state index < -0.39 is 5.60 Å². The Morgan fingerprint density at radius 3 is 2.47 bits per heavy atom. The summed E-state index contributed by atoms with van der Waals surface area (Å²) >= 11 is 6.50. The molecule has 1 aliphatic carbocycles. The number of ether oxygens (including phenoxy) is 1. The van der Waals surface area contributed by atoms with Gasteiger partial charge in [-0.05, 0) is 68.7 Å². The van der Waals surface area contributed by atoms with Crippen molar-refractivity contribution >= 4 is 35.1 Å². The van der Waals surface area contributed by atoms with E-state index in [1.54, 1.807) is 22.0 Å². The van der Waals surface area contributed by atoms with Crippen LogP contribution in [0.3, 0.4) is 0 Å². The number of halogens is 1. The SMILES string of the molecule is Cc1ncn(C)c1C(=O)C1=Cc2cccnc2[C@@H](N2CCN(C(=O)OC(C)(C)C)CC2)c2ccc(Cl)cc21. The van der Waals surface area contributed by atoms with Crippen molar-refractivity contribution in [3.8, 4) is 0 Å². The third-order valence-electron chi connectivity index (χ3n) is 6.94. The number of aromatic nitrogens is 3. The molecule has 0 saturated carbocycles. The van der Waals surface area contributed by atoms with Gasteiger partial charge < -0.3 is 14.2 Å². The number of imidazole rings is 1. The number of hydrogen-bond donors (Lipinski definition) is 0. The summed E-state index contributed by atoms with van der Waals surface area (Å²) in [6, 6.07) is 9.37. The number of ketones is 1. The van der Waals surface area contributed by atoms with Crippen molar-refractivity contribution in [1.29, 1.82) is 0 Å². The fourth-order valence-electron chi connectivity index (χ4n) is 5.21. The van der Waals surface area contributed by atoms with Crippen LogP contribution < -0.4 is 0 Å². The number of allylic oxidation sites excluding steroid dienone is 1. The Bertz CT molecular complexity index is 1410. The largest absolute Gasteiger partial charge is 0.444 e. The third kappa shape index (κ3) is 4.98. The number of piperazine rings is 1. The number of carbonyl (C=O) groups is 2. The normalized spacial score (nSPS) is 17.8. The highest BCUT2D eigenvalue weighted by molar-refractivity contribution is 6.34. The van der Waals surface area contributed by atoms with Gasteiger partial charge in [-0.3, -0.25) is 14.7 Å². The van der Waals surface area contributed by atoms with Crippen molar-refractivity contribution in [2.75, 3.05) is 26.2 Å². The van der Waals surface area contributed by atoms with Gasteiger partial charge in [0.1, 0.15) is 11.3 Å². The van der Waals surface area contributed by atoms with Crippen molar-refractivity contribution < 1.29 is 14.3 Å². The maximum Gasteiger partial charge on any atom is 0.410 e. The highest BCUT2D eigenvalue weighted by atomic mass is 35.5. The summed E-state index contributed by atoms with van der Waals surface area (Å²) in [6.45, 7) is 9.78. The molecule has 1 fully saturated rings. The Hall–Kier alpha value is -3.49. The van der Waals surface area contributed by atoms with Gasteiger partial charge in [-0.15, -0.1) is 0 Å². The van der Waals surface area contributed by atoms with Crippen LogP contribution in [0.25, 0.3) is 11.6 Å². The van der Waals surface area contributed by atoms with E-state index in [1.165, 1.54) is 0 Å². The minimum Gasteiger partial charge on any atom is -0.444 e. The Kier molecular flexibility index (Phi) is 6.88. The highest BCUT2D eigenvalue weighted by Gasteiger charge is 2.36. The Morgan fingerprint density at radius 1 is 1.08 bits per heavy atom. The van der Waals surface area contributed by atoms with E-state index in [0.717, 1.165) is 22.4 Å². The maximum absolute atomic E-state index is 14.0. The molecule has 2 aromatic heterocycles. The summed E-state index contributed by atoms with van der Waals surface area (Å²) in [7, 11) is 1.83. The molecule has 9 heteroatoms. The van der Waals surface area contributed by atoms with Crippen LogP contribution in [0.1, 0.15) is 65.4 Å². The molecule has 8 nitrogen and oxygen atoms in total. The van der Waals surface area contributed by atoms with E-state index >= 15 is 0 Å². The van der Waals surface area contributed by atoms with E-state index in [9.17, 15) is 9.59 Å². The van der Waals surface area contributed by atoms with Crippen LogP contribution in [0.4, 0.5) is 4.79 Å². The number of hydrogen-bond acceptors (Lipinski definition) is 6. The number of amides is 1. The van der Waals surface area contributed by atoms with Crippen molar-refractivity contribution in [2.45, 2.75) is 39.3 Å². The second-order valence-electron chi connectivity index (χ2n) is 10.8. The van der Waals surface area contributed by atoms with Crippen LogP contribution in [0.2, 0.25) is 5.02 Å². The van der Waals surface area contributed by atoms with Gasteiger partial charge in [0, 0.05) is 50.0 Å². The number of fused-ring (bicyclic) bond motifs is 2. The lowest BCUT2D eigenvalue weighted by Crippen LogP contribution is -2.51. The number of rotatable bonds is 3. The van der Waals surface area contributed by atoms with Crippen molar-refractivity contribution in [3.63, 3.8) is 0 Å². The fourth-order valence-corrected chi connectivity index (χ4v) is 5.38. The van der Waals surface area contributed by atoms with E-state index in [1.807, 2.05) is 71.2 Å². The molecule has 0 bridgehead atoms. The number of Topliss-reactive ketones (excluding diaryl/α,β-unsaturated/α-hetero) is 1. The van der Waals surface area contributed by atoms with Gasteiger partial charge in [0.2, 0.25) is 5.78 Å². The van der Waals surface area contributed by atoms with Crippen molar-refractivity contribution in [1.82, 2.24) is 24.3 Å². The quantitative estimate of drug-likeness (QED) is 0.433. The van der Waals surface area contributed by atoms with E-state index in [-0.39, 0.29) is 17.9 Å². The van der Waals surface area contributed by atoms with Crippen LogP contribution in [-0.2, 0) is 11.8 Å². The third-order valence-corrected chi connectivity index (χ3v) is 7.18. The molecule has 1 aliphatic heterocycles. The topological polar surface area (TPSA) is 80.6 Å². The number of aryl methyl sites for hydroxylation is 2. The minimum absolute atomic E-state index is 0.115. The first-order chi connectivity index (χ1) is 18.0. The van der Waals surface area contributed by atoms with E-state index in [2.05, 4.69) is 9.88 Å². The Balaban J connectivity index is 1.55. The predicted octanol–water partition coefficient (Wildman–Crippen LogP) is 5.16. The first-order valence-electron chi connectivity index (χ1n) is 12.7. The predicted molar refractivity (Wildman–Crippen MR) is 147 cm³/mol. The molecule has 198 valence electrons. The summed E-state index contributed by atoms with van der Waals surface area (Å²) in [5.74, 6) is -0.115. The number of benzene rings is 1. The lowest BCUT2D eigenvalue weighted by Gasteiger charge is -2.40. The Labute approximate surface area is 227 Å². The van der Waals surface area contributed by atoms with Gasteiger partial charge in [0.05, 0.1) is 23.8 Å². The van der Waals surface area contributed by atoms with Crippen molar-refractivity contribution in [2.24, 2.45) is 7.05 Å². The van der Waals surface area contributed by atoms with Gasteiger partial charge in [-0.1, -0.05) is 23.7 Å². The molecule has 38 heavy (non-hydrogen) atoms. The van der Waals surface area contributed by atoms with Crippen LogP contribution in [-0.4, -0.2) is 68.0 Å². The smallest absolute Gasteiger partial charge is 0.410 e. The van der Waals surface area contributed by atoms with Crippen molar-refractivity contribution in [3.05, 3.63) is 81.7 Å². The molecule has 0 spiro atoms. The van der Waals surface area contributed by atoms with Crippen LogP contribution in [0, 0.1) is 6.92 Å². The van der Waals surface area contributed by atoms with E-state index in [4.69, 9.17) is 21.3 Å². The summed E-state index contributed by atoms with van der Waals surface area (Å²) in [5, 5.41) is 0.552. The molecule has 0 N–H and O–H groups in total. The number of nitrogens with zero attached hydrogens (tertiary/aromatic N) is 5. The average molecular weight is 534 g/mol. The number of carbonyl (C=O) groups excluding carboxylic acids is 2. The van der Waals surface area contributed by atoms with Crippen LogP contribution in [0.5, 0.6) is 0 Å². The molecule has 1 saturated heterocycles. The van der Waals surface area contributed by atoms with E-state index in [0.29, 0.717) is 48.2 Å². The summed E-state index contributed by atoms with van der Waals surface area (Å²) in [6.07, 6.45) is 5.05. The zero-order valence-corrected chi connectivity index (χ0v) is 23.1. The lowest BCUT2D eigenvalue weighted by atomic mass is 9.91. The van der Waals surface area contributed by atoms with Gasteiger partial charge in [-0.2, -0.15) is 0 Å². The molecule has 0 unspecified atom stereocenters. The Morgan fingerprint density at radius 2 is 1.82 bits per heavy atom. The molecule has 3 aromatic rings. The van der Waals surface area contributed by atoms with Gasteiger partial charge in [-0.25, -0.2) is 9.78 Å². The molecular formula is C29H32ClN5O3. The second kappa shape index (κ2) is 10.0. The standard InChI is InChI=1S/C29H32ClN5O3/c1-18-25(33(5)17-32-18)27(36)23-15-19-7-6-10-31-24(19)26(21-9-8-20(30)16-22(21)23)34-11-13-35(14-12-34)28(37)38-29(2,3)4/h6-10,15-17,26H,11-14H2,1-5H3/t26-/m0/s1. The molecule has 1 atom stereocenters. The zero-order valence-electron chi connectivity index (χ0n) is 22.4. The highest BCUT2D eigenvalue weighted by Crippen LogP contribution is 2.41. The number of pyridine rings is 1. The molecule has 0 radical (unpaired) electrons. The average Bonchev–Trinajstić information content (AvgIpc) is 3.13. The monoisotopic (exact) mass is 533 g/mol.